The second kappa shape index (κ2) is 5.37. The van der Waals surface area contributed by atoms with E-state index in [0.29, 0.717) is 12.1 Å². The van der Waals surface area contributed by atoms with Gasteiger partial charge in [-0.05, 0) is 24.5 Å². The van der Waals surface area contributed by atoms with Crippen LogP contribution in [-0.2, 0) is 4.79 Å². The summed E-state index contributed by atoms with van der Waals surface area (Å²) in [6.45, 7) is 7.87. The minimum atomic E-state index is -0.910. The van der Waals surface area contributed by atoms with Gasteiger partial charge in [-0.25, -0.2) is 5.01 Å². The van der Waals surface area contributed by atoms with Crippen molar-refractivity contribution >= 4 is 17.2 Å². The summed E-state index contributed by atoms with van der Waals surface area (Å²) < 4.78 is 0. The predicted molar refractivity (Wildman–Crippen MR) is 80.6 cm³/mol. The molecule has 0 saturated heterocycles. The number of nitrogens with zero attached hydrogens (tertiary/aromatic N) is 2. The van der Waals surface area contributed by atoms with E-state index < -0.39 is 12.1 Å². The van der Waals surface area contributed by atoms with Gasteiger partial charge in [0.15, 0.2) is 6.23 Å². The predicted octanol–water partition coefficient (Wildman–Crippen LogP) is 2.82. The normalized spacial score (nSPS) is 22.9. The lowest BCUT2D eigenvalue weighted by atomic mass is 9.84. The van der Waals surface area contributed by atoms with Crippen LogP contribution in [0, 0.1) is 11.3 Å². The number of Topliss-reactive ketones (excluding diaryl/α,β-unsaturated/α-hetero) is 1. The van der Waals surface area contributed by atoms with E-state index in [1.165, 1.54) is 5.01 Å². The van der Waals surface area contributed by atoms with Crippen LogP contribution in [0.15, 0.2) is 35.4 Å². The quantitative estimate of drug-likeness (QED) is 0.922. The van der Waals surface area contributed by atoms with E-state index in [1.807, 2.05) is 51.1 Å². The number of hydrogen-bond donors (Lipinski definition) is 1. The van der Waals surface area contributed by atoms with Crippen molar-refractivity contribution in [3.05, 3.63) is 30.3 Å². The zero-order valence-corrected chi connectivity index (χ0v) is 12.5. The zero-order chi connectivity index (χ0) is 14.9. The SMILES string of the molecule is CC1=NN(c2ccccc2)C(O)C1C(=O)CC(C)(C)C. The molecule has 1 N–H and O–H groups in total. The maximum atomic E-state index is 12.4. The van der Waals surface area contributed by atoms with Gasteiger partial charge >= 0.3 is 0 Å². The summed E-state index contributed by atoms with van der Waals surface area (Å²) in [7, 11) is 0. The van der Waals surface area contributed by atoms with Crippen LogP contribution in [0.2, 0.25) is 0 Å². The lowest BCUT2D eigenvalue weighted by Crippen LogP contribution is -2.38. The number of carbonyl (C=O) groups is 1. The van der Waals surface area contributed by atoms with Crippen molar-refractivity contribution in [1.82, 2.24) is 0 Å². The average Bonchev–Trinajstić information content (AvgIpc) is 2.64. The molecule has 0 aliphatic carbocycles. The molecule has 20 heavy (non-hydrogen) atoms. The molecule has 4 heteroatoms. The Balaban J connectivity index is 2.19. The summed E-state index contributed by atoms with van der Waals surface area (Å²) in [5.41, 5.74) is 1.39. The molecule has 2 atom stereocenters. The number of para-hydroxylation sites is 1. The van der Waals surface area contributed by atoms with Gasteiger partial charge in [0.2, 0.25) is 0 Å². The summed E-state index contributed by atoms with van der Waals surface area (Å²) in [6, 6.07) is 9.42. The second-order valence-electron chi connectivity index (χ2n) is 6.52. The Morgan fingerprint density at radius 3 is 2.45 bits per heavy atom. The molecular weight excluding hydrogens is 252 g/mol. The molecule has 4 nitrogen and oxygen atoms in total. The molecule has 1 aromatic carbocycles. The molecular formula is C16H22N2O2. The number of hydrogen-bond acceptors (Lipinski definition) is 4. The van der Waals surface area contributed by atoms with Crippen LogP contribution in [0.1, 0.15) is 34.1 Å². The molecule has 108 valence electrons. The number of anilines is 1. The number of hydrazone groups is 1. The van der Waals surface area contributed by atoms with E-state index in [2.05, 4.69) is 5.10 Å². The fourth-order valence-electron chi connectivity index (χ4n) is 2.47. The maximum Gasteiger partial charge on any atom is 0.162 e. The standard InChI is InChI=1S/C16H22N2O2/c1-11-14(13(19)10-16(2,3)4)15(20)18(17-11)12-8-6-5-7-9-12/h5-9,14-15,20H,10H2,1-4H3. The molecule has 0 spiro atoms. The third-order valence-corrected chi connectivity index (χ3v) is 3.34. The van der Waals surface area contributed by atoms with Gasteiger partial charge in [-0.1, -0.05) is 39.0 Å². The molecule has 0 aromatic heterocycles. The first kappa shape index (κ1) is 14.7. The lowest BCUT2D eigenvalue weighted by molar-refractivity contribution is -0.124. The largest absolute Gasteiger partial charge is 0.371 e. The molecule has 1 aliphatic rings. The van der Waals surface area contributed by atoms with Crippen LogP contribution in [0.4, 0.5) is 5.69 Å². The first-order valence-electron chi connectivity index (χ1n) is 6.90. The Labute approximate surface area is 120 Å². The highest BCUT2D eigenvalue weighted by molar-refractivity contribution is 6.06. The van der Waals surface area contributed by atoms with Crippen LogP contribution in [-0.4, -0.2) is 22.8 Å². The van der Waals surface area contributed by atoms with E-state index in [-0.39, 0.29) is 11.2 Å². The fraction of sp³-hybridized carbons (Fsp3) is 0.500. The third-order valence-electron chi connectivity index (χ3n) is 3.34. The number of aliphatic hydroxyl groups is 1. The van der Waals surface area contributed by atoms with E-state index >= 15 is 0 Å². The summed E-state index contributed by atoms with van der Waals surface area (Å²) >= 11 is 0. The molecule has 0 amide bonds. The molecule has 0 radical (unpaired) electrons. The number of aliphatic hydroxyl groups excluding tert-OH is 1. The first-order valence-corrected chi connectivity index (χ1v) is 6.90. The lowest BCUT2D eigenvalue weighted by Gasteiger charge is -2.25. The van der Waals surface area contributed by atoms with Crippen molar-refractivity contribution in [1.29, 1.82) is 0 Å². The maximum absolute atomic E-state index is 12.4. The van der Waals surface area contributed by atoms with Gasteiger partial charge in [0.1, 0.15) is 11.7 Å². The summed E-state index contributed by atoms with van der Waals surface area (Å²) in [5.74, 6) is -0.487. The van der Waals surface area contributed by atoms with Gasteiger partial charge in [0.25, 0.3) is 0 Å². The molecule has 2 rings (SSSR count). The van der Waals surface area contributed by atoms with Crippen LogP contribution in [0.5, 0.6) is 0 Å². The van der Waals surface area contributed by atoms with Crippen LogP contribution in [0.3, 0.4) is 0 Å². The second-order valence-corrected chi connectivity index (χ2v) is 6.52. The Bertz CT molecular complexity index is 517. The van der Waals surface area contributed by atoms with Gasteiger partial charge in [-0.15, -0.1) is 0 Å². The van der Waals surface area contributed by atoms with Gasteiger partial charge in [-0.2, -0.15) is 5.10 Å². The fourth-order valence-corrected chi connectivity index (χ4v) is 2.47. The minimum Gasteiger partial charge on any atom is -0.371 e. The zero-order valence-electron chi connectivity index (χ0n) is 12.5. The first-order chi connectivity index (χ1) is 9.29. The van der Waals surface area contributed by atoms with Gasteiger partial charge < -0.3 is 5.11 Å². The highest BCUT2D eigenvalue weighted by Gasteiger charge is 2.40. The molecule has 0 bridgehead atoms. The molecule has 1 aliphatic heterocycles. The van der Waals surface area contributed by atoms with E-state index in [0.717, 1.165) is 5.69 Å². The monoisotopic (exact) mass is 274 g/mol. The van der Waals surface area contributed by atoms with Crippen LogP contribution >= 0.6 is 0 Å². The number of rotatable bonds is 3. The van der Waals surface area contributed by atoms with E-state index in [4.69, 9.17) is 0 Å². The Morgan fingerprint density at radius 1 is 1.30 bits per heavy atom. The van der Waals surface area contributed by atoms with Crippen molar-refractivity contribution in [2.24, 2.45) is 16.4 Å². The highest BCUT2D eigenvalue weighted by atomic mass is 16.3. The van der Waals surface area contributed by atoms with Crippen molar-refractivity contribution in [2.75, 3.05) is 5.01 Å². The number of ketones is 1. The van der Waals surface area contributed by atoms with E-state index in [9.17, 15) is 9.90 Å². The van der Waals surface area contributed by atoms with Crippen LogP contribution in [0.25, 0.3) is 0 Å². The third kappa shape index (κ3) is 3.07. The van der Waals surface area contributed by atoms with Crippen molar-refractivity contribution in [3.8, 4) is 0 Å². The molecule has 0 fully saturated rings. The van der Waals surface area contributed by atoms with Gasteiger partial charge in [-0.3, -0.25) is 4.79 Å². The summed E-state index contributed by atoms with van der Waals surface area (Å²) in [5, 5.41) is 16.3. The average molecular weight is 274 g/mol. The Morgan fingerprint density at radius 2 is 1.90 bits per heavy atom. The molecule has 1 heterocycles. The smallest absolute Gasteiger partial charge is 0.162 e. The minimum absolute atomic E-state index is 0.0460. The van der Waals surface area contributed by atoms with Crippen molar-refractivity contribution in [2.45, 2.75) is 40.3 Å². The molecule has 2 unspecified atom stereocenters. The summed E-state index contributed by atoms with van der Waals surface area (Å²) in [4.78, 5) is 12.4. The topological polar surface area (TPSA) is 52.9 Å². The Hall–Kier alpha value is -1.68. The van der Waals surface area contributed by atoms with Crippen LogP contribution < -0.4 is 5.01 Å². The van der Waals surface area contributed by atoms with Gasteiger partial charge in [0.05, 0.1) is 11.4 Å². The molecule has 1 aromatic rings. The van der Waals surface area contributed by atoms with E-state index in [1.54, 1.807) is 6.92 Å². The number of carbonyl (C=O) groups excluding carboxylic acids is 1. The Kier molecular flexibility index (Phi) is 3.95. The molecule has 0 saturated carbocycles. The van der Waals surface area contributed by atoms with Crippen molar-refractivity contribution < 1.29 is 9.90 Å². The van der Waals surface area contributed by atoms with Gasteiger partial charge in [0, 0.05) is 6.42 Å². The highest BCUT2D eigenvalue weighted by Crippen LogP contribution is 2.30. The summed E-state index contributed by atoms with van der Waals surface area (Å²) in [6.07, 6.45) is -0.475. The number of benzene rings is 1. The van der Waals surface area contributed by atoms with Crippen molar-refractivity contribution in [3.63, 3.8) is 0 Å².